The van der Waals surface area contributed by atoms with Gasteiger partial charge in [0.05, 0.1) is 5.69 Å². The van der Waals surface area contributed by atoms with Crippen molar-refractivity contribution in [2.45, 2.75) is 25.4 Å². The minimum atomic E-state index is -0.139. The lowest BCUT2D eigenvalue weighted by atomic mass is 10.0. The van der Waals surface area contributed by atoms with Gasteiger partial charge < -0.3 is 14.8 Å². The Bertz CT molecular complexity index is 1030. The minimum Gasteiger partial charge on any atom is -0.454 e. The molecule has 0 spiro atoms. The molecule has 9 nitrogen and oxygen atoms in total. The number of hydrogen-bond donors (Lipinski definition) is 2. The van der Waals surface area contributed by atoms with E-state index in [-0.39, 0.29) is 12.4 Å². The fourth-order valence-corrected chi connectivity index (χ4v) is 3.72. The summed E-state index contributed by atoms with van der Waals surface area (Å²) in [4.78, 5) is 23.0. The largest absolute Gasteiger partial charge is 0.454 e. The van der Waals surface area contributed by atoms with Crippen LogP contribution in [-0.4, -0.2) is 50.4 Å². The lowest BCUT2D eigenvalue weighted by Crippen LogP contribution is -2.41. The van der Waals surface area contributed by atoms with E-state index in [1.54, 1.807) is 6.07 Å². The summed E-state index contributed by atoms with van der Waals surface area (Å²) < 4.78 is 12.1. The number of nitrogens with zero attached hydrogens (tertiary/aromatic N) is 4. The number of rotatable bonds is 4. The van der Waals surface area contributed by atoms with Crippen LogP contribution in [0.4, 0.5) is 5.69 Å². The fourth-order valence-electron chi connectivity index (χ4n) is 3.72. The highest BCUT2D eigenvalue weighted by Crippen LogP contribution is 2.34. The van der Waals surface area contributed by atoms with E-state index in [4.69, 9.17) is 9.47 Å². The van der Waals surface area contributed by atoms with Crippen molar-refractivity contribution in [3.63, 3.8) is 0 Å². The molecule has 2 aliphatic rings. The molecule has 9 heteroatoms. The molecule has 27 heavy (non-hydrogen) atoms. The molecular weight excluding hydrogens is 348 g/mol. The maximum absolute atomic E-state index is 12.1. The van der Waals surface area contributed by atoms with Crippen LogP contribution in [0.15, 0.2) is 35.4 Å². The summed E-state index contributed by atoms with van der Waals surface area (Å²) >= 11 is 0. The minimum absolute atomic E-state index is 0.139. The molecule has 4 heterocycles. The molecule has 0 saturated carbocycles. The number of H-pyrrole nitrogens is 1. The average Bonchev–Trinajstić information content (AvgIpc) is 3.31. The molecule has 2 aliphatic heterocycles. The maximum atomic E-state index is 12.1. The molecule has 1 saturated heterocycles. The second kappa shape index (κ2) is 6.58. The second-order valence-corrected chi connectivity index (χ2v) is 6.90. The normalized spacial score (nSPS) is 19.5. The number of benzene rings is 1. The zero-order valence-electron chi connectivity index (χ0n) is 14.7. The van der Waals surface area contributed by atoms with Crippen LogP contribution in [0.2, 0.25) is 0 Å². The summed E-state index contributed by atoms with van der Waals surface area (Å²) in [5, 5.41) is 6.34. The Morgan fingerprint density at radius 2 is 2.19 bits per heavy atom. The van der Waals surface area contributed by atoms with Crippen LogP contribution < -0.4 is 20.3 Å². The Morgan fingerprint density at radius 1 is 1.26 bits per heavy atom. The van der Waals surface area contributed by atoms with E-state index in [2.05, 4.69) is 25.3 Å². The first-order valence-electron chi connectivity index (χ1n) is 9.05. The third kappa shape index (κ3) is 3.21. The molecule has 3 aromatic rings. The predicted octanol–water partition coefficient (Wildman–Crippen LogP) is 1.22. The molecule has 2 N–H and O–H groups in total. The summed E-state index contributed by atoms with van der Waals surface area (Å²) in [6.45, 7) is 2.79. The number of piperidine rings is 1. The number of nitrogens with one attached hydrogen (secondary N) is 2. The van der Waals surface area contributed by atoms with Crippen LogP contribution in [0.1, 0.15) is 18.5 Å². The summed E-state index contributed by atoms with van der Waals surface area (Å²) in [6, 6.07) is 7.83. The van der Waals surface area contributed by atoms with Gasteiger partial charge in [-0.15, -0.1) is 0 Å². The van der Waals surface area contributed by atoms with Gasteiger partial charge >= 0.3 is 0 Å². The molecule has 1 atom stereocenters. The summed E-state index contributed by atoms with van der Waals surface area (Å²) in [5.74, 6) is 1.98. The van der Waals surface area contributed by atoms with Gasteiger partial charge in [-0.1, -0.05) is 0 Å². The van der Waals surface area contributed by atoms with Gasteiger partial charge in [0.15, 0.2) is 11.5 Å². The number of ether oxygens (including phenoxy) is 2. The number of hydrogen-bond acceptors (Lipinski definition) is 7. The zero-order valence-corrected chi connectivity index (χ0v) is 14.7. The topological polar surface area (TPSA) is 96.8 Å². The van der Waals surface area contributed by atoms with Gasteiger partial charge in [-0.05, 0) is 31.5 Å². The Labute approximate surface area is 154 Å². The number of fused-ring (bicyclic) bond motifs is 2. The third-order valence-corrected chi connectivity index (χ3v) is 4.96. The molecule has 0 bridgehead atoms. The molecule has 1 aromatic carbocycles. The number of aromatic amines is 1. The highest BCUT2D eigenvalue weighted by atomic mass is 16.7. The van der Waals surface area contributed by atoms with E-state index in [9.17, 15) is 4.79 Å². The van der Waals surface area contributed by atoms with Crippen molar-refractivity contribution in [2.24, 2.45) is 0 Å². The Morgan fingerprint density at radius 3 is 3.15 bits per heavy atom. The van der Waals surface area contributed by atoms with Gasteiger partial charge in [0, 0.05) is 37.0 Å². The lowest BCUT2D eigenvalue weighted by molar-refractivity contribution is 0.174. The first-order chi connectivity index (χ1) is 13.2. The summed E-state index contributed by atoms with van der Waals surface area (Å²) in [6.07, 6.45) is 3.66. The molecule has 0 aliphatic carbocycles. The molecule has 2 aromatic heterocycles. The molecule has 140 valence electrons. The second-order valence-electron chi connectivity index (χ2n) is 6.90. The SMILES string of the molecule is O=c1cc(CN2CCC[C@H](Nc3ccc4c(c3)OCO4)C2)nc2nc[nH]n12. The van der Waals surface area contributed by atoms with Crippen molar-refractivity contribution < 1.29 is 9.47 Å². The van der Waals surface area contributed by atoms with Crippen LogP contribution >= 0.6 is 0 Å². The number of likely N-dealkylation sites (tertiary alicyclic amines) is 1. The van der Waals surface area contributed by atoms with Crippen molar-refractivity contribution in [3.05, 3.63) is 46.6 Å². The van der Waals surface area contributed by atoms with E-state index >= 15 is 0 Å². The van der Waals surface area contributed by atoms with Crippen molar-refractivity contribution in [2.75, 3.05) is 25.2 Å². The van der Waals surface area contributed by atoms with Crippen molar-refractivity contribution >= 4 is 11.5 Å². The van der Waals surface area contributed by atoms with Gasteiger partial charge in [-0.25, -0.2) is 9.97 Å². The Balaban J connectivity index is 1.27. The molecule has 0 unspecified atom stereocenters. The Kier molecular flexibility index (Phi) is 3.93. The van der Waals surface area contributed by atoms with E-state index < -0.39 is 0 Å². The lowest BCUT2D eigenvalue weighted by Gasteiger charge is -2.33. The molecule has 5 rings (SSSR count). The van der Waals surface area contributed by atoms with E-state index in [0.29, 0.717) is 18.4 Å². The third-order valence-electron chi connectivity index (χ3n) is 4.96. The van der Waals surface area contributed by atoms with E-state index in [1.165, 1.54) is 10.8 Å². The van der Waals surface area contributed by atoms with Crippen LogP contribution in [0.3, 0.4) is 0 Å². The first kappa shape index (κ1) is 16.1. The molecule has 1 fully saturated rings. The number of anilines is 1. The molecule has 0 amide bonds. The van der Waals surface area contributed by atoms with E-state index in [1.807, 2.05) is 18.2 Å². The zero-order chi connectivity index (χ0) is 18.2. The standard InChI is InChI=1S/C18H20N6O3/c25-17-7-14(22-18-19-10-20-24(17)18)9-23-5-1-2-13(8-23)21-12-3-4-15-16(6-12)27-11-26-15/h3-4,6-7,10,13,21H,1-2,5,8-9,11H2,(H,19,20,22)/t13-/m0/s1. The van der Waals surface area contributed by atoms with Crippen molar-refractivity contribution in [3.8, 4) is 11.5 Å². The highest BCUT2D eigenvalue weighted by Gasteiger charge is 2.22. The van der Waals surface area contributed by atoms with Gasteiger partial charge in [0.2, 0.25) is 6.79 Å². The van der Waals surface area contributed by atoms with Crippen LogP contribution in [0.25, 0.3) is 5.78 Å². The quantitative estimate of drug-likeness (QED) is 0.715. The van der Waals surface area contributed by atoms with Crippen LogP contribution in [-0.2, 0) is 6.54 Å². The van der Waals surface area contributed by atoms with Crippen LogP contribution in [0.5, 0.6) is 11.5 Å². The predicted molar refractivity (Wildman–Crippen MR) is 98.1 cm³/mol. The summed E-state index contributed by atoms with van der Waals surface area (Å²) in [5.41, 5.74) is 1.63. The maximum Gasteiger partial charge on any atom is 0.274 e. The number of aromatic nitrogens is 4. The van der Waals surface area contributed by atoms with Crippen molar-refractivity contribution in [1.29, 1.82) is 0 Å². The van der Waals surface area contributed by atoms with E-state index in [0.717, 1.165) is 48.8 Å². The molecular formula is C18H20N6O3. The summed E-state index contributed by atoms with van der Waals surface area (Å²) in [7, 11) is 0. The van der Waals surface area contributed by atoms with Gasteiger partial charge in [-0.3, -0.25) is 14.8 Å². The monoisotopic (exact) mass is 368 g/mol. The van der Waals surface area contributed by atoms with Crippen LogP contribution in [0, 0.1) is 0 Å². The highest BCUT2D eigenvalue weighted by molar-refractivity contribution is 5.56. The van der Waals surface area contributed by atoms with Crippen molar-refractivity contribution in [1.82, 2.24) is 24.5 Å². The van der Waals surface area contributed by atoms with Gasteiger partial charge in [-0.2, -0.15) is 4.52 Å². The van der Waals surface area contributed by atoms with Gasteiger partial charge in [0.25, 0.3) is 11.3 Å². The van der Waals surface area contributed by atoms with Gasteiger partial charge in [0.1, 0.15) is 6.33 Å². The average molecular weight is 368 g/mol. The molecule has 0 radical (unpaired) electrons. The first-order valence-corrected chi connectivity index (χ1v) is 9.05. The Hall–Kier alpha value is -3.07. The smallest absolute Gasteiger partial charge is 0.274 e. The fraction of sp³-hybridized carbons (Fsp3) is 0.389.